The quantitative estimate of drug-likeness (QED) is 0.808. The van der Waals surface area contributed by atoms with Crippen LogP contribution in [0.4, 0.5) is 0 Å². The van der Waals surface area contributed by atoms with Gasteiger partial charge in [0, 0.05) is 12.6 Å². The van der Waals surface area contributed by atoms with Gasteiger partial charge in [-0.15, -0.1) is 12.4 Å². The number of benzene rings is 2. The minimum atomic E-state index is -0.535. The molecule has 2 aromatic rings. The Labute approximate surface area is 145 Å². The lowest BCUT2D eigenvalue weighted by Crippen LogP contribution is -2.33. The van der Waals surface area contributed by atoms with Crippen LogP contribution in [0.15, 0.2) is 48.5 Å². The van der Waals surface area contributed by atoms with Gasteiger partial charge in [-0.2, -0.15) is 0 Å². The molecular weight excluding hydrogens is 310 g/mol. The van der Waals surface area contributed by atoms with E-state index in [-0.39, 0.29) is 18.4 Å². The van der Waals surface area contributed by atoms with Crippen molar-refractivity contribution >= 4 is 12.4 Å². The Balaban J connectivity index is 0.00000264. The Morgan fingerprint density at radius 3 is 2.43 bits per heavy atom. The molecule has 2 aromatic carbocycles. The van der Waals surface area contributed by atoms with Crippen molar-refractivity contribution in [3.63, 3.8) is 0 Å². The summed E-state index contributed by atoms with van der Waals surface area (Å²) in [6.45, 7) is 6.96. The van der Waals surface area contributed by atoms with E-state index in [1.807, 2.05) is 37.3 Å². The van der Waals surface area contributed by atoms with Gasteiger partial charge in [-0.3, -0.25) is 0 Å². The molecule has 0 heterocycles. The maximum Gasteiger partial charge on any atom is 0.122 e. The van der Waals surface area contributed by atoms with Crippen LogP contribution in [0.2, 0.25) is 0 Å². The summed E-state index contributed by atoms with van der Waals surface area (Å²) in [5, 5.41) is 13.4. The highest BCUT2D eigenvalue weighted by Crippen LogP contribution is 2.18. The van der Waals surface area contributed by atoms with E-state index < -0.39 is 6.10 Å². The van der Waals surface area contributed by atoms with Crippen molar-refractivity contribution in [3.8, 4) is 5.75 Å². The molecule has 0 saturated carbocycles. The molecule has 3 nitrogen and oxygen atoms in total. The molecule has 0 aliphatic carbocycles. The summed E-state index contributed by atoms with van der Waals surface area (Å²) in [4.78, 5) is 0. The number of halogens is 1. The van der Waals surface area contributed by atoms with E-state index in [9.17, 15) is 5.11 Å². The van der Waals surface area contributed by atoms with E-state index in [1.165, 1.54) is 11.1 Å². The highest BCUT2D eigenvalue weighted by molar-refractivity contribution is 5.85. The highest BCUT2D eigenvalue weighted by atomic mass is 35.5. The van der Waals surface area contributed by atoms with Crippen molar-refractivity contribution in [2.75, 3.05) is 13.2 Å². The van der Waals surface area contributed by atoms with Gasteiger partial charge < -0.3 is 15.2 Å². The van der Waals surface area contributed by atoms with Gasteiger partial charge in [-0.05, 0) is 38.0 Å². The van der Waals surface area contributed by atoms with Crippen LogP contribution >= 0.6 is 12.4 Å². The minimum Gasteiger partial charge on any atom is -0.491 e. The van der Waals surface area contributed by atoms with E-state index in [2.05, 4.69) is 37.4 Å². The first-order valence-electron chi connectivity index (χ1n) is 7.72. The second-order valence-corrected chi connectivity index (χ2v) is 5.77. The summed E-state index contributed by atoms with van der Waals surface area (Å²) >= 11 is 0. The molecule has 0 aliphatic heterocycles. The van der Waals surface area contributed by atoms with E-state index in [0.29, 0.717) is 13.2 Å². The molecule has 0 radical (unpaired) electrons. The largest absolute Gasteiger partial charge is 0.491 e. The molecule has 4 heteroatoms. The first-order valence-corrected chi connectivity index (χ1v) is 7.72. The molecule has 126 valence electrons. The number of aryl methyl sites for hydroxylation is 2. The maximum atomic E-state index is 10.1. The van der Waals surface area contributed by atoms with E-state index in [1.54, 1.807) is 0 Å². The van der Waals surface area contributed by atoms with Crippen LogP contribution in [0.1, 0.15) is 29.7 Å². The zero-order valence-electron chi connectivity index (χ0n) is 14.0. The fourth-order valence-electron chi connectivity index (χ4n) is 2.38. The molecule has 0 saturated heterocycles. The average Bonchev–Trinajstić information content (AvgIpc) is 2.52. The first kappa shape index (κ1) is 19.5. The van der Waals surface area contributed by atoms with Crippen LogP contribution in [-0.2, 0) is 0 Å². The molecule has 2 rings (SSSR count). The van der Waals surface area contributed by atoms with Gasteiger partial charge in [0.1, 0.15) is 18.5 Å². The Kier molecular flexibility index (Phi) is 8.10. The normalized spacial score (nSPS) is 13.0. The number of ether oxygens (including phenoxy) is 1. The number of rotatable bonds is 7. The van der Waals surface area contributed by atoms with Crippen LogP contribution in [0.5, 0.6) is 5.75 Å². The first-order chi connectivity index (χ1) is 10.6. The lowest BCUT2D eigenvalue weighted by molar-refractivity contribution is 0.104. The molecule has 0 spiro atoms. The summed E-state index contributed by atoms with van der Waals surface area (Å²) in [6, 6.07) is 16.5. The van der Waals surface area contributed by atoms with Crippen LogP contribution in [0.25, 0.3) is 0 Å². The molecule has 23 heavy (non-hydrogen) atoms. The third-order valence-corrected chi connectivity index (χ3v) is 3.72. The maximum absolute atomic E-state index is 10.1. The lowest BCUT2D eigenvalue weighted by Gasteiger charge is -2.18. The van der Waals surface area contributed by atoms with Crippen LogP contribution in [0.3, 0.4) is 0 Å². The van der Waals surface area contributed by atoms with Gasteiger partial charge in [0.2, 0.25) is 0 Å². The monoisotopic (exact) mass is 335 g/mol. The zero-order chi connectivity index (χ0) is 15.9. The van der Waals surface area contributed by atoms with Gasteiger partial charge in [0.15, 0.2) is 0 Å². The van der Waals surface area contributed by atoms with Crippen molar-refractivity contribution in [3.05, 3.63) is 65.2 Å². The fraction of sp³-hybridized carbons (Fsp3) is 0.368. The third-order valence-electron chi connectivity index (χ3n) is 3.72. The van der Waals surface area contributed by atoms with Gasteiger partial charge in [0.05, 0.1) is 0 Å². The number of hydrogen-bond acceptors (Lipinski definition) is 3. The minimum absolute atomic E-state index is 0. The van der Waals surface area contributed by atoms with Crippen molar-refractivity contribution in [1.82, 2.24) is 5.32 Å². The second kappa shape index (κ2) is 9.56. The summed E-state index contributed by atoms with van der Waals surface area (Å²) < 4.78 is 5.70. The van der Waals surface area contributed by atoms with Gasteiger partial charge in [-0.1, -0.05) is 48.0 Å². The van der Waals surface area contributed by atoms with Crippen LogP contribution in [-0.4, -0.2) is 24.4 Å². The van der Waals surface area contributed by atoms with Crippen molar-refractivity contribution in [1.29, 1.82) is 0 Å². The predicted molar refractivity (Wildman–Crippen MR) is 97.5 cm³/mol. The Morgan fingerprint density at radius 1 is 1.09 bits per heavy atom. The van der Waals surface area contributed by atoms with Crippen molar-refractivity contribution < 1.29 is 9.84 Å². The Hall–Kier alpha value is -1.55. The highest BCUT2D eigenvalue weighted by Gasteiger charge is 2.10. The second-order valence-electron chi connectivity index (χ2n) is 5.77. The smallest absolute Gasteiger partial charge is 0.122 e. The molecule has 2 unspecified atom stereocenters. The van der Waals surface area contributed by atoms with Gasteiger partial charge in [-0.25, -0.2) is 0 Å². The van der Waals surface area contributed by atoms with E-state index >= 15 is 0 Å². The number of aliphatic hydroxyl groups excluding tert-OH is 1. The fourth-order valence-corrected chi connectivity index (χ4v) is 2.38. The zero-order valence-corrected chi connectivity index (χ0v) is 14.8. The molecule has 2 N–H and O–H groups in total. The summed E-state index contributed by atoms with van der Waals surface area (Å²) in [6.07, 6.45) is -0.535. The number of nitrogens with one attached hydrogen (secondary N) is 1. The van der Waals surface area contributed by atoms with E-state index in [0.717, 1.165) is 11.3 Å². The SMILES string of the molecule is Cc1ccc(OCC(O)CNC(C)c2ccccc2)c(C)c1.Cl. The van der Waals surface area contributed by atoms with E-state index in [4.69, 9.17) is 4.74 Å². The average molecular weight is 336 g/mol. The number of hydrogen-bond donors (Lipinski definition) is 2. The Morgan fingerprint density at radius 2 is 1.78 bits per heavy atom. The molecule has 2 atom stereocenters. The van der Waals surface area contributed by atoms with Gasteiger partial charge >= 0.3 is 0 Å². The Bertz CT molecular complexity index is 589. The van der Waals surface area contributed by atoms with Crippen LogP contribution < -0.4 is 10.1 Å². The lowest BCUT2D eigenvalue weighted by atomic mass is 10.1. The molecule has 0 aliphatic rings. The molecule has 0 aromatic heterocycles. The van der Waals surface area contributed by atoms with Crippen LogP contribution in [0, 0.1) is 13.8 Å². The summed E-state index contributed by atoms with van der Waals surface area (Å²) in [7, 11) is 0. The van der Waals surface area contributed by atoms with Crippen molar-refractivity contribution in [2.24, 2.45) is 0 Å². The molecule has 0 amide bonds. The number of aliphatic hydroxyl groups is 1. The topological polar surface area (TPSA) is 41.5 Å². The molecular formula is C19H26ClNO2. The predicted octanol–water partition coefficient (Wildman–Crippen LogP) is 3.82. The molecule has 0 fully saturated rings. The summed E-state index contributed by atoms with van der Waals surface area (Å²) in [5.41, 5.74) is 3.52. The molecule has 0 bridgehead atoms. The van der Waals surface area contributed by atoms with Crippen molar-refractivity contribution in [2.45, 2.75) is 32.9 Å². The third kappa shape index (κ3) is 6.22. The standard InChI is InChI=1S/C19H25NO2.ClH/c1-14-9-10-19(15(2)11-14)22-13-18(21)12-20-16(3)17-7-5-4-6-8-17;/h4-11,16,18,20-21H,12-13H2,1-3H3;1H. The summed E-state index contributed by atoms with van der Waals surface area (Å²) in [5.74, 6) is 0.834. The van der Waals surface area contributed by atoms with Gasteiger partial charge in [0.25, 0.3) is 0 Å².